The Morgan fingerprint density at radius 2 is 1.06 bits per heavy atom. The topological polar surface area (TPSA) is 58.2 Å². The molecule has 0 aliphatic carbocycles. The third-order valence-corrected chi connectivity index (χ3v) is 6.13. The number of carbonyl (C=O) groups is 2. The lowest BCUT2D eigenvalue weighted by Gasteiger charge is -2.30. The molecule has 0 atom stereocenters. The first-order valence-electron chi connectivity index (χ1n) is 10.5. The number of halogens is 2. The van der Waals surface area contributed by atoms with Crippen molar-refractivity contribution in [1.29, 1.82) is 0 Å². The highest BCUT2D eigenvalue weighted by molar-refractivity contribution is 6.34. The van der Waals surface area contributed by atoms with Gasteiger partial charge < -0.3 is 10.6 Å². The first-order valence-corrected chi connectivity index (χ1v) is 11.2. The predicted octanol–water partition coefficient (Wildman–Crippen LogP) is 7.48. The zero-order valence-electron chi connectivity index (χ0n) is 19.5. The van der Waals surface area contributed by atoms with E-state index in [1.165, 1.54) is 13.8 Å². The maximum absolute atomic E-state index is 11.7. The SMILES string of the molecule is CC(=O)Nc1c(Cl)cc(C(C)(C)c2cc(Cl)c(NC(C)=O)c(C(C)C)c2)cc1C(C)C. The predicted molar refractivity (Wildman–Crippen MR) is 132 cm³/mol. The standard InChI is InChI=1S/C25H32Cl2N2O2/c1-13(2)19-9-17(11-21(26)23(19)28-15(5)30)25(7,8)18-10-20(14(3)4)24(22(27)12-18)29-16(6)31/h9-14H,1-8H3,(H,28,30)(H,29,31). The molecule has 0 aliphatic heterocycles. The molecule has 0 aromatic heterocycles. The molecule has 0 unspecified atom stereocenters. The molecule has 0 saturated heterocycles. The van der Waals surface area contributed by atoms with Crippen LogP contribution in [0.4, 0.5) is 11.4 Å². The third-order valence-electron chi connectivity index (χ3n) is 5.53. The highest BCUT2D eigenvalue weighted by Crippen LogP contribution is 2.42. The molecule has 168 valence electrons. The molecule has 0 saturated carbocycles. The lowest BCUT2D eigenvalue weighted by Crippen LogP contribution is -2.21. The summed E-state index contributed by atoms with van der Waals surface area (Å²) in [5, 5.41) is 6.75. The van der Waals surface area contributed by atoms with Crippen molar-refractivity contribution in [2.24, 2.45) is 0 Å². The van der Waals surface area contributed by atoms with Gasteiger partial charge in [0.05, 0.1) is 21.4 Å². The second kappa shape index (κ2) is 9.62. The largest absolute Gasteiger partial charge is 0.325 e. The van der Waals surface area contributed by atoms with E-state index in [0.717, 1.165) is 22.3 Å². The smallest absolute Gasteiger partial charge is 0.221 e. The monoisotopic (exact) mass is 462 g/mol. The first kappa shape index (κ1) is 25.2. The Morgan fingerprint density at radius 1 is 0.742 bits per heavy atom. The molecular weight excluding hydrogens is 431 g/mol. The van der Waals surface area contributed by atoms with Crippen LogP contribution in [0, 0.1) is 0 Å². The summed E-state index contributed by atoms with van der Waals surface area (Å²) in [6.07, 6.45) is 0. The molecule has 2 N–H and O–H groups in total. The molecular formula is C25H32Cl2N2O2. The average molecular weight is 463 g/mol. The quantitative estimate of drug-likeness (QED) is 0.467. The van der Waals surface area contributed by atoms with E-state index in [-0.39, 0.29) is 23.7 Å². The van der Waals surface area contributed by atoms with E-state index in [4.69, 9.17) is 23.2 Å². The van der Waals surface area contributed by atoms with Crippen LogP contribution in [0.15, 0.2) is 24.3 Å². The van der Waals surface area contributed by atoms with Gasteiger partial charge >= 0.3 is 0 Å². The third kappa shape index (κ3) is 5.61. The molecule has 2 amide bonds. The van der Waals surface area contributed by atoms with Gasteiger partial charge in [-0.2, -0.15) is 0 Å². The summed E-state index contributed by atoms with van der Waals surface area (Å²) in [5.74, 6) is 0.0366. The Balaban J connectivity index is 2.69. The molecule has 0 spiro atoms. The van der Waals surface area contributed by atoms with E-state index < -0.39 is 5.41 Å². The first-order chi connectivity index (χ1) is 14.2. The van der Waals surface area contributed by atoms with E-state index in [9.17, 15) is 9.59 Å². The van der Waals surface area contributed by atoms with E-state index >= 15 is 0 Å². The normalized spacial score (nSPS) is 11.7. The van der Waals surface area contributed by atoms with Crippen molar-refractivity contribution < 1.29 is 9.59 Å². The minimum Gasteiger partial charge on any atom is -0.325 e. The molecule has 0 bridgehead atoms. The van der Waals surface area contributed by atoms with Crippen molar-refractivity contribution >= 4 is 46.4 Å². The number of rotatable bonds is 6. The number of hydrogen-bond acceptors (Lipinski definition) is 2. The summed E-state index contributed by atoms with van der Waals surface area (Å²) in [5.41, 5.74) is 4.91. The molecule has 0 aliphatic rings. The number of anilines is 2. The summed E-state index contributed by atoms with van der Waals surface area (Å²) < 4.78 is 0. The average Bonchev–Trinajstić information content (AvgIpc) is 2.63. The van der Waals surface area contributed by atoms with Crippen LogP contribution in [0.25, 0.3) is 0 Å². The van der Waals surface area contributed by atoms with E-state index in [1.807, 2.05) is 12.1 Å². The van der Waals surface area contributed by atoms with Crippen LogP contribution in [-0.4, -0.2) is 11.8 Å². The van der Waals surface area contributed by atoms with Crippen molar-refractivity contribution in [2.45, 2.75) is 72.6 Å². The zero-order valence-corrected chi connectivity index (χ0v) is 21.0. The molecule has 2 rings (SSSR count). The minimum atomic E-state index is -0.413. The van der Waals surface area contributed by atoms with Gasteiger partial charge in [-0.05, 0) is 46.2 Å². The highest BCUT2D eigenvalue weighted by atomic mass is 35.5. The van der Waals surface area contributed by atoms with Crippen LogP contribution in [0.1, 0.15) is 89.5 Å². The van der Waals surface area contributed by atoms with Crippen LogP contribution < -0.4 is 10.6 Å². The van der Waals surface area contributed by atoms with E-state index in [1.54, 1.807) is 0 Å². The summed E-state index contributed by atoms with van der Waals surface area (Å²) in [6, 6.07) is 8.02. The van der Waals surface area contributed by atoms with E-state index in [2.05, 4.69) is 64.3 Å². The Labute approximate surface area is 195 Å². The lowest BCUT2D eigenvalue weighted by atomic mass is 9.75. The van der Waals surface area contributed by atoms with Gasteiger partial charge in [-0.25, -0.2) is 0 Å². The summed E-state index contributed by atoms with van der Waals surface area (Å²) in [7, 11) is 0. The summed E-state index contributed by atoms with van der Waals surface area (Å²) in [4.78, 5) is 23.4. The fraction of sp³-hybridized carbons (Fsp3) is 0.440. The molecule has 0 radical (unpaired) electrons. The van der Waals surface area contributed by atoms with E-state index in [0.29, 0.717) is 21.4 Å². The van der Waals surface area contributed by atoms with Crippen LogP contribution in [0.3, 0.4) is 0 Å². The fourth-order valence-corrected chi connectivity index (χ4v) is 4.22. The van der Waals surface area contributed by atoms with Crippen molar-refractivity contribution in [3.8, 4) is 0 Å². The number of amides is 2. The molecule has 2 aromatic carbocycles. The van der Waals surface area contributed by atoms with Gasteiger partial charge in [0.25, 0.3) is 0 Å². The van der Waals surface area contributed by atoms with Crippen molar-refractivity contribution in [3.05, 3.63) is 56.6 Å². The highest BCUT2D eigenvalue weighted by Gasteiger charge is 2.28. The second-order valence-electron chi connectivity index (χ2n) is 9.14. The Hall–Kier alpha value is -2.04. The van der Waals surface area contributed by atoms with Crippen LogP contribution in [0.5, 0.6) is 0 Å². The van der Waals surface area contributed by atoms with Gasteiger partial charge in [0.1, 0.15) is 0 Å². The van der Waals surface area contributed by atoms with Crippen molar-refractivity contribution in [1.82, 2.24) is 0 Å². The maximum atomic E-state index is 11.7. The minimum absolute atomic E-state index is 0.155. The Bertz CT molecular complexity index is 932. The van der Waals surface area contributed by atoms with Gasteiger partial charge in [0.15, 0.2) is 0 Å². The lowest BCUT2D eigenvalue weighted by molar-refractivity contribution is -0.115. The number of nitrogens with one attached hydrogen (secondary N) is 2. The molecule has 31 heavy (non-hydrogen) atoms. The van der Waals surface area contributed by atoms with Gasteiger partial charge in [0.2, 0.25) is 11.8 Å². The number of benzene rings is 2. The van der Waals surface area contributed by atoms with Crippen molar-refractivity contribution in [3.63, 3.8) is 0 Å². The van der Waals surface area contributed by atoms with Gasteiger partial charge in [-0.3, -0.25) is 9.59 Å². The summed E-state index contributed by atoms with van der Waals surface area (Å²) >= 11 is 13.2. The fourth-order valence-electron chi connectivity index (χ4n) is 3.67. The van der Waals surface area contributed by atoms with Gasteiger partial charge in [-0.15, -0.1) is 0 Å². The summed E-state index contributed by atoms with van der Waals surface area (Å²) in [6.45, 7) is 15.5. The zero-order chi connectivity index (χ0) is 23.7. The molecule has 4 nitrogen and oxygen atoms in total. The van der Waals surface area contributed by atoms with Gasteiger partial charge in [-0.1, -0.05) is 76.9 Å². The van der Waals surface area contributed by atoms with Gasteiger partial charge in [0, 0.05) is 19.3 Å². The van der Waals surface area contributed by atoms with Crippen molar-refractivity contribution in [2.75, 3.05) is 10.6 Å². The molecule has 6 heteroatoms. The second-order valence-corrected chi connectivity index (χ2v) is 9.96. The number of hydrogen-bond donors (Lipinski definition) is 2. The molecule has 0 heterocycles. The Morgan fingerprint density at radius 3 is 1.32 bits per heavy atom. The maximum Gasteiger partial charge on any atom is 0.221 e. The molecule has 2 aromatic rings. The van der Waals surface area contributed by atoms with Crippen LogP contribution in [-0.2, 0) is 15.0 Å². The Kier molecular flexibility index (Phi) is 7.83. The number of carbonyl (C=O) groups excluding carboxylic acids is 2. The molecule has 0 fully saturated rings. The van der Waals surface area contributed by atoms with Crippen LogP contribution in [0.2, 0.25) is 10.0 Å². The van der Waals surface area contributed by atoms with Crippen LogP contribution >= 0.6 is 23.2 Å².